The topological polar surface area (TPSA) is 65.0 Å². The standard InChI is InChI=1S/C19H34N4O2S/c1-4-6-8-10-12-14-26-19-20-16-15(17(24)21-18(25)22(16)3)23(19)13-11-9-7-5-2/h15-16H,4-14H2,1-3H3,(H,21,24,25). The normalized spacial score (nSPS) is 22.5. The van der Waals surface area contributed by atoms with Crippen LogP contribution in [0, 0.1) is 0 Å². The first kappa shape index (κ1) is 21.1. The molecule has 148 valence electrons. The SMILES string of the molecule is CCCCCCCSC1=NC2C(C(=O)NC(=O)N2C)N1CCCCCC. The molecule has 2 atom stereocenters. The molecule has 0 spiro atoms. The summed E-state index contributed by atoms with van der Waals surface area (Å²) in [7, 11) is 1.72. The number of urea groups is 1. The number of thioether (sulfide) groups is 1. The van der Waals surface area contributed by atoms with Gasteiger partial charge in [-0.25, -0.2) is 9.79 Å². The predicted octanol–water partition coefficient (Wildman–Crippen LogP) is 3.82. The van der Waals surface area contributed by atoms with Gasteiger partial charge in [0.05, 0.1) is 0 Å². The van der Waals surface area contributed by atoms with E-state index in [1.54, 1.807) is 23.7 Å². The number of rotatable bonds is 11. The van der Waals surface area contributed by atoms with E-state index in [2.05, 4.69) is 24.1 Å². The molecule has 0 aromatic carbocycles. The molecule has 7 heteroatoms. The van der Waals surface area contributed by atoms with Gasteiger partial charge in [0.15, 0.2) is 17.4 Å². The molecular weight excluding hydrogens is 348 g/mol. The summed E-state index contributed by atoms with van der Waals surface area (Å²) < 4.78 is 0. The summed E-state index contributed by atoms with van der Waals surface area (Å²) >= 11 is 1.74. The van der Waals surface area contributed by atoms with Crippen molar-refractivity contribution in [3.63, 3.8) is 0 Å². The number of unbranched alkanes of at least 4 members (excludes halogenated alkanes) is 7. The summed E-state index contributed by atoms with van der Waals surface area (Å²) in [5.41, 5.74) is 0. The highest BCUT2D eigenvalue weighted by molar-refractivity contribution is 8.13. The van der Waals surface area contributed by atoms with Crippen LogP contribution in [0.3, 0.4) is 0 Å². The van der Waals surface area contributed by atoms with E-state index in [1.807, 2.05) is 0 Å². The van der Waals surface area contributed by atoms with Crippen molar-refractivity contribution in [3.05, 3.63) is 0 Å². The van der Waals surface area contributed by atoms with Crippen molar-refractivity contribution in [1.29, 1.82) is 0 Å². The molecule has 1 saturated heterocycles. The van der Waals surface area contributed by atoms with E-state index < -0.39 is 0 Å². The maximum atomic E-state index is 12.4. The first-order chi connectivity index (χ1) is 12.6. The van der Waals surface area contributed by atoms with Crippen molar-refractivity contribution in [2.75, 3.05) is 19.3 Å². The maximum Gasteiger partial charge on any atom is 0.325 e. The molecule has 2 aliphatic rings. The molecule has 0 aromatic rings. The molecule has 2 rings (SSSR count). The van der Waals surface area contributed by atoms with Crippen LogP contribution in [0.2, 0.25) is 0 Å². The quantitative estimate of drug-likeness (QED) is 0.552. The Bertz CT molecular complexity index is 512. The molecule has 6 nitrogen and oxygen atoms in total. The molecule has 0 radical (unpaired) electrons. The van der Waals surface area contributed by atoms with Crippen molar-refractivity contribution >= 4 is 28.9 Å². The van der Waals surface area contributed by atoms with Crippen LogP contribution in [-0.4, -0.2) is 58.5 Å². The van der Waals surface area contributed by atoms with Gasteiger partial charge in [-0.15, -0.1) is 0 Å². The second-order valence-corrected chi connectivity index (χ2v) is 8.25. The van der Waals surface area contributed by atoms with Crippen molar-refractivity contribution in [3.8, 4) is 0 Å². The average molecular weight is 383 g/mol. The molecule has 1 N–H and O–H groups in total. The van der Waals surface area contributed by atoms with E-state index in [9.17, 15) is 9.59 Å². The highest BCUT2D eigenvalue weighted by Crippen LogP contribution is 2.29. The van der Waals surface area contributed by atoms with Gasteiger partial charge in [-0.05, 0) is 12.8 Å². The minimum Gasteiger partial charge on any atom is -0.336 e. The van der Waals surface area contributed by atoms with E-state index in [4.69, 9.17) is 4.99 Å². The Morgan fingerprint density at radius 1 is 1.00 bits per heavy atom. The summed E-state index contributed by atoms with van der Waals surface area (Å²) in [4.78, 5) is 32.8. The van der Waals surface area contributed by atoms with Gasteiger partial charge in [-0.3, -0.25) is 10.1 Å². The lowest BCUT2D eigenvalue weighted by Gasteiger charge is -2.36. The molecule has 3 amide bonds. The Balaban J connectivity index is 1.96. The number of hydrogen-bond acceptors (Lipinski definition) is 5. The predicted molar refractivity (Wildman–Crippen MR) is 108 cm³/mol. The van der Waals surface area contributed by atoms with Gasteiger partial charge in [-0.2, -0.15) is 0 Å². The number of nitrogens with zero attached hydrogens (tertiary/aromatic N) is 3. The van der Waals surface area contributed by atoms with E-state index in [1.165, 1.54) is 44.9 Å². The zero-order chi connectivity index (χ0) is 18.9. The number of hydrogen-bond donors (Lipinski definition) is 1. The summed E-state index contributed by atoms with van der Waals surface area (Å²) in [6.45, 7) is 5.25. The molecular formula is C19H34N4O2S. The lowest BCUT2D eigenvalue weighted by atomic mass is 10.1. The summed E-state index contributed by atoms with van der Waals surface area (Å²) in [5, 5.41) is 3.40. The molecule has 26 heavy (non-hydrogen) atoms. The Labute approximate surface area is 162 Å². The fraction of sp³-hybridized carbons (Fsp3) is 0.842. The van der Waals surface area contributed by atoms with Gasteiger partial charge in [0, 0.05) is 19.3 Å². The number of nitrogens with one attached hydrogen (secondary N) is 1. The Hall–Kier alpha value is -1.24. The lowest BCUT2D eigenvalue weighted by molar-refractivity contribution is -0.127. The molecule has 0 aromatic heterocycles. The fourth-order valence-corrected chi connectivity index (χ4v) is 4.52. The van der Waals surface area contributed by atoms with Gasteiger partial charge in [0.1, 0.15) is 0 Å². The summed E-state index contributed by atoms with van der Waals surface area (Å²) in [6.07, 6.45) is 10.5. The number of carbonyl (C=O) groups is 2. The van der Waals surface area contributed by atoms with Crippen LogP contribution in [-0.2, 0) is 4.79 Å². The van der Waals surface area contributed by atoms with Crippen molar-refractivity contribution < 1.29 is 9.59 Å². The number of imide groups is 1. The van der Waals surface area contributed by atoms with Crippen LogP contribution in [0.5, 0.6) is 0 Å². The molecule has 2 aliphatic heterocycles. The third kappa shape index (κ3) is 5.38. The average Bonchev–Trinajstić information content (AvgIpc) is 2.99. The number of aliphatic imine (C=N–C) groups is 1. The number of carbonyl (C=O) groups excluding carboxylic acids is 2. The van der Waals surface area contributed by atoms with Crippen molar-refractivity contribution in [2.24, 2.45) is 4.99 Å². The minimum atomic E-state index is -0.384. The Kier molecular flexibility index (Phi) is 8.75. The zero-order valence-corrected chi connectivity index (χ0v) is 17.3. The van der Waals surface area contributed by atoms with E-state index >= 15 is 0 Å². The van der Waals surface area contributed by atoms with Crippen LogP contribution < -0.4 is 5.32 Å². The molecule has 2 heterocycles. The molecule has 1 fully saturated rings. The molecule has 0 aliphatic carbocycles. The largest absolute Gasteiger partial charge is 0.336 e. The smallest absolute Gasteiger partial charge is 0.325 e. The van der Waals surface area contributed by atoms with Gasteiger partial charge < -0.3 is 9.80 Å². The molecule has 0 saturated carbocycles. The highest BCUT2D eigenvalue weighted by atomic mass is 32.2. The fourth-order valence-electron chi connectivity index (χ4n) is 3.43. The zero-order valence-electron chi connectivity index (χ0n) is 16.5. The number of fused-ring (bicyclic) bond motifs is 1. The van der Waals surface area contributed by atoms with Crippen LogP contribution in [0.4, 0.5) is 4.79 Å². The van der Waals surface area contributed by atoms with Crippen molar-refractivity contribution in [1.82, 2.24) is 15.1 Å². The first-order valence-electron chi connectivity index (χ1n) is 10.1. The van der Waals surface area contributed by atoms with Crippen LogP contribution in [0.1, 0.15) is 71.6 Å². The van der Waals surface area contributed by atoms with E-state index in [0.29, 0.717) is 0 Å². The van der Waals surface area contributed by atoms with Gasteiger partial charge in [0.25, 0.3) is 5.91 Å². The third-order valence-electron chi connectivity index (χ3n) is 5.05. The van der Waals surface area contributed by atoms with Gasteiger partial charge in [0.2, 0.25) is 0 Å². The first-order valence-corrected chi connectivity index (χ1v) is 11.1. The number of amides is 3. The van der Waals surface area contributed by atoms with E-state index in [0.717, 1.165) is 30.3 Å². The third-order valence-corrected chi connectivity index (χ3v) is 6.15. The highest BCUT2D eigenvalue weighted by Gasteiger charge is 2.48. The molecule has 2 unspecified atom stereocenters. The van der Waals surface area contributed by atoms with E-state index in [-0.39, 0.29) is 24.1 Å². The second-order valence-electron chi connectivity index (χ2n) is 7.19. The monoisotopic (exact) mass is 382 g/mol. The van der Waals surface area contributed by atoms with Crippen LogP contribution in [0.15, 0.2) is 4.99 Å². The maximum absolute atomic E-state index is 12.4. The number of likely N-dealkylation sites (N-methyl/N-ethyl adjacent to an activating group) is 1. The van der Waals surface area contributed by atoms with Crippen LogP contribution in [0.25, 0.3) is 0 Å². The number of amidine groups is 1. The lowest BCUT2D eigenvalue weighted by Crippen LogP contribution is -2.63. The Morgan fingerprint density at radius 3 is 2.35 bits per heavy atom. The minimum absolute atomic E-state index is 0.212. The summed E-state index contributed by atoms with van der Waals surface area (Å²) in [6, 6.07) is -0.723. The van der Waals surface area contributed by atoms with Gasteiger partial charge >= 0.3 is 6.03 Å². The second kappa shape index (κ2) is 10.8. The van der Waals surface area contributed by atoms with Gasteiger partial charge in [-0.1, -0.05) is 70.6 Å². The molecule has 0 bridgehead atoms. The summed E-state index contributed by atoms with van der Waals surface area (Å²) in [5.74, 6) is 0.808. The van der Waals surface area contributed by atoms with Crippen LogP contribution >= 0.6 is 11.8 Å². The Morgan fingerprint density at radius 2 is 1.65 bits per heavy atom. The van der Waals surface area contributed by atoms with Crippen molar-refractivity contribution in [2.45, 2.75) is 83.8 Å².